The first-order valence-corrected chi connectivity index (χ1v) is 5.99. The van der Waals surface area contributed by atoms with E-state index in [0.717, 1.165) is 19.4 Å². The topological polar surface area (TPSA) is 90.4 Å². The average molecular weight is 251 g/mol. The molecule has 1 aromatic carbocycles. The maximum atomic E-state index is 10.7. The third-order valence-electron chi connectivity index (χ3n) is 3.07. The van der Waals surface area contributed by atoms with Crippen LogP contribution in [0.4, 0.5) is 17.1 Å². The van der Waals surface area contributed by atoms with Crippen molar-refractivity contribution < 1.29 is 9.66 Å². The first-order chi connectivity index (χ1) is 8.56. The number of nitro benzene ring substituents is 1. The number of non-ortho nitro benzene ring substituents is 1. The summed E-state index contributed by atoms with van der Waals surface area (Å²) in [6.07, 6.45) is 2.23. The molecule has 3 N–H and O–H groups in total. The monoisotopic (exact) mass is 251 g/mol. The van der Waals surface area contributed by atoms with Gasteiger partial charge < -0.3 is 15.8 Å². The first-order valence-electron chi connectivity index (χ1n) is 5.99. The summed E-state index contributed by atoms with van der Waals surface area (Å²) in [4.78, 5) is 10.3. The molecular weight excluding hydrogens is 234 g/mol. The van der Waals surface area contributed by atoms with E-state index in [1.807, 2.05) is 6.92 Å². The standard InChI is InChI=1S/C12H17N3O3/c1-8(12-3-2-4-18-12)14-10-5-9(13)6-11(7-10)15(16)17/h5-8,12,14H,2-4,13H2,1H3. The van der Waals surface area contributed by atoms with Crippen LogP contribution in [-0.4, -0.2) is 23.7 Å². The van der Waals surface area contributed by atoms with Crippen molar-refractivity contribution in [3.8, 4) is 0 Å². The van der Waals surface area contributed by atoms with E-state index in [1.54, 1.807) is 6.07 Å². The van der Waals surface area contributed by atoms with Crippen LogP contribution in [0.3, 0.4) is 0 Å². The molecule has 0 spiro atoms. The SMILES string of the molecule is CC(Nc1cc(N)cc([N+](=O)[O-])c1)C1CCCO1. The molecule has 98 valence electrons. The summed E-state index contributed by atoms with van der Waals surface area (Å²) in [6.45, 7) is 2.79. The molecule has 2 unspecified atom stereocenters. The minimum atomic E-state index is -0.446. The summed E-state index contributed by atoms with van der Waals surface area (Å²) in [5, 5.41) is 14.0. The Morgan fingerprint density at radius 3 is 2.94 bits per heavy atom. The van der Waals surface area contributed by atoms with Gasteiger partial charge >= 0.3 is 0 Å². The molecule has 2 rings (SSSR count). The number of hydrogen-bond acceptors (Lipinski definition) is 5. The highest BCUT2D eigenvalue weighted by atomic mass is 16.6. The van der Waals surface area contributed by atoms with Crippen molar-refractivity contribution in [3.63, 3.8) is 0 Å². The van der Waals surface area contributed by atoms with Crippen LogP contribution in [0.5, 0.6) is 0 Å². The van der Waals surface area contributed by atoms with E-state index in [9.17, 15) is 10.1 Å². The van der Waals surface area contributed by atoms with Crippen molar-refractivity contribution in [2.75, 3.05) is 17.7 Å². The molecule has 18 heavy (non-hydrogen) atoms. The van der Waals surface area contributed by atoms with Gasteiger partial charge in [-0.05, 0) is 25.8 Å². The predicted octanol–water partition coefficient (Wildman–Crippen LogP) is 2.16. The molecule has 0 aliphatic carbocycles. The number of nitrogen functional groups attached to an aromatic ring is 1. The van der Waals surface area contributed by atoms with Gasteiger partial charge in [-0.25, -0.2) is 0 Å². The van der Waals surface area contributed by atoms with E-state index in [4.69, 9.17) is 10.5 Å². The van der Waals surface area contributed by atoms with Crippen molar-refractivity contribution in [2.24, 2.45) is 0 Å². The number of anilines is 2. The molecule has 1 saturated heterocycles. The third-order valence-corrected chi connectivity index (χ3v) is 3.07. The summed E-state index contributed by atoms with van der Waals surface area (Å²) in [5.74, 6) is 0. The van der Waals surface area contributed by atoms with E-state index in [1.165, 1.54) is 12.1 Å². The molecule has 0 amide bonds. The molecule has 0 aromatic heterocycles. The van der Waals surface area contributed by atoms with Crippen LogP contribution in [-0.2, 0) is 4.74 Å². The summed E-state index contributed by atoms with van der Waals surface area (Å²) in [5.41, 5.74) is 6.69. The van der Waals surface area contributed by atoms with Crippen molar-refractivity contribution in [1.29, 1.82) is 0 Å². The number of nitrogens with zero attached hydrogens (tertiary/aromatic N) is 1. The maximum Gasteiger partial charge on any atom is 0.273 e. The van der Waals surface area contributed by atoms with E-state index < -0.39 is 4.92 Å². The summed E-state index contributed by atoms with van der Waals surface area (Å²) in [6, 6.07) is 4.64. The van der Waals surface area contributed by atoms with Gasteiger partial charge in [-0.2, -0.15) is 0 Å². The number of nitro groups is 1. The van der Waals surface area contributed by atoms with Crippen molar-refractivity contribution in [2.45, 2.75) is 31.9 Å². The Labute approximate surface area is 105 Å². The Kier molecular flexibility index (Phi) is 3.66. The Balaban J connectivity index is 2.10. The predicted molar refractivity (Wildman–Crippen MR) is 69.6 cm³/mol. The normalized spacial score (nSPS) is 20.6. The lowest BCUT2D eigenvalue weighted by atomic mass is 10.1. The fourth-order valence-corrected chi connectivity index (χ4v) is 2.18. The second-order valence-electron chi connectivity index (χ2n) is 4.55. The molecule has 1 aromatic rings. The number of hydrogen-bond donors (Lipinski definition) is 2. The van der Waals surface area contributed by atoms with Gasteiger partial charge in [-0.15, -0.1) is 0 Å². The zero-order chi connectivity index (χ0) is 13.1. The Bertz CT molecular complexity index is 444. The largest absolute Gasteiger partial charge is 0.398 e. The molecule has 1 aliphatic rings. The van der Waals surface area contributed by atoms with Crippen molar-refractivity contribution >= 4 is 17.1 Å². The van der Waals surface area contributed by atoms with Crippen LogP contribution in [0.25, 0.3) is 0 Å². The fraction of sp³-hybridized carbons (Fsp3) is 0.500. The quantitative estimate of drug-likeness (QED) is 0.486. The number of ether oxygens (including phenoxy) is 1. The van der Waals surface area contributed by atoms with Crippen LogP contribution in [0.1, 0.15) is 19.8 Å². The van der Waals surface area contributed by atoms with E-state index in [2.05, 4.69) is 5.32 Å². The molecule has 0 saturated carbocycles. The van der Waals surface area contributed by atoms with E-state index in [-0.39, 0.29) is 17.8 Å². The second kappa shape index (κ2) is 5.22. The molecule has 0 radical (unpaired) electrons. The van der Waals surface area contributed by atoms with Gasteiger partial charge in [0.2, 0.25) is 0 Å². The smallest absolute Gasteiger partial charge is 0.273 e. The number of benzene rings is 1. The van der Waals surface area contributed by atoms with Gasteiger partial charge in [0.1, 0.15) is 0 Å². The first kappa shape index (κ1) is 12.6. The zero-order valence-corrected chi connectivity index (χ0v) is 10.3. The molecule has 6 heteroatoms. The molecule has 1 heterocycles. The highest BCUT2D eigenvalue weighted by molar-refractivity contribution is 5.61. The van der Waals surface area contributed by atoms with Gasteiger partial charge in [0.25, 0.3) is 5.69 Å². The maximum absolute atomic E-state index is 10.7. The van der Waals surface area contributed by atoms with Gasteiger partial charge in [0.15, 0.2) is 0 Å². The lowest BCUT2D eigenvalue weighted by Gasteiger charge is -2.21. The minimum absolute atomic E-state index is 0.00274. The van der Waals surface area contributed by atoms with Crippen molar-refractivity contribution in [3.05, 3.63) is 28.3 Å². The molecule has 0 bridgehead atoms. The Hall–Kier alpha value is -1.82. The lowest BCUT2D eigenvalue weighted by molar-refractivity contribution is -0.384. The van der Waals surface area contributed by atoms with Crippen LogP contribution in [0.2, 0.25) is 0 Å². The van der Waals surface area contributed by atoms with Crippen LogP contribution in [0, 0.1) is 10.1 Å². The number of rotatable bonds is 4. The van der Waals surface area contributed by atoms with Gasteiger partial charge in [-0.1, -0.05) is 0 Å². The molecule has 1 fully saturated rings. The lowest BCUT2D eigenvalue weighted by Crippen LogP contribution is -2.30. The fourth-order valence-electron chi connectivity index (χ4n) is 2.18. The second-order valence-corrected chi connectivity index (χ2v) is 4.55. The number of nitrogens with one attached hydrogen (secondary N) is 1. The van der Waals surface area contributed by atoms with E-state index in [0.29, 0.717) is 11.4 Å². The van der Waals surface area contributed by atoms with Crippen LogP contribution < -0.4 is 11.1 Å². The average Bonchev–Trinajstić information content (AvgIpc) is 2.81. The molecule has 1 aliphatic heterocycles. The van der Waals surface area contributed by atoms with Gasteiger partial charge in [0.05, 0.1) is 11.0 Å². The Morgan fingerprint density at radius 1 is 1.56 bits per heavy atom. The van der Waals surface area contributed by atoms with Gasteiger partial charge in [-0.3, -0.25) is 10.1 Å². The summed E-state index contributed by atoms with van der Waals surface area (Å²) in [7, 11) is 0. The molecule has 6 nitrogen and oxygen atoms in total. The highest BCUT2D eigenvalue weighted by Gasteiger charge is 2.22. The van der Waals surface area contributed by atoms with Crippen molar-refractivity contribution in [1.82, 2.24) is 0 Å². The highest BCUT2D eigenvalue weighted by Crippen LogP contribution is 2.25. The van der Waals surface area contributed by atoms with Crippen LogP contribution in [0.15, 0.2) is 18.2 Å². The zero-order valence-electron chi connectivity index (χ0n) is 10.3. The summed E-state index contributed by atoms with van der Waals surface area (Å²) >= 11 is 0. The Morgan fingerprint density at radius 2 is 2.33 bits per heavy atom. The third kappa shape index (κ3) is 2.89. The number of nitrogens with two attached hydrogens (primary N) is 1. The van der Waals surface area contributed by atoms with E-state index >= 15 is 0 Å². The molecular formula is C12H17N3O3. The van der Waals surface area contributed by atoms with Gasteiger partial charge in [0, 0.05) is 36.2 Å². The summed E-state index contributed by atoms with van der Waals surface area (Å²) < 4.78 is 5.57. The van der Waals surface area contributed by atoms with Crippen LogP contribution >= 0.6 is 0 Å². The minimum Gasteiger partial charge on any atom is -0.398 e. The molecule has 2 atom stereocenters.